The molecule has 0 aliphatic heterocycles. The molecule has 1 unspecified atom stereocenters. The van der Waals surface area contributed by atoms with Gasteiger partial charge in [-0.1, -0.05) is 18.2 Å². The monoisotopic (exact) mass is 453 g/mol. The van der Waals surface area contributed by atoms with Crippen LogP contribution in [-0.4, -0.2) is 34.8 Å². The van der Waals surface area contributed by atoms with Crippen molar-refractivity contribution in [3.05, 3.63) is 62.3 Å². The molecular weight excluding hydrogens is 426 g/mol. The van der Waals surface area contributed by atoms with Crippen LogP contribution in [0.15, 0.2) is 41.5 Å². The third-order valence-corrected chi connectivity index (χ3v) is 8.09. The summed E-state index contributed by atoms with van der Waals surface area (Å²) in [6, 6.07) is 11.0. The summed E-state index contributed by atoms with van der Waals surface area (Å²) in [6.45, 7) is 6.29. The van der Waals surface area contributed by atoms with Gasteiger partial charge >= 0.3 is 0 Å². The number of aryl methyl sites for hydroxylation is 1. The van der Waals surface area contributed by atoms with Gasteiger partial charge in [0.15, 0.2) is 0 Å². The van der Waals surface area contributed by atoms with E-state index in [1.165, 1.54) is 25.4 Å². The Morgan fingerprint density at radius 2 is 2.16 bits per heavy atom. The van der Waals surface area contributed by atoms with Crippen LogP contribution in [0.1, 0.15) is 35.6 Å². The van der Waals surface area contributed by atoms with Gasteiger partial charge in [0.25, 0.3) is 5.56 Å². The summed E-state index contributed by atoms with van der Waals surface area (Å²) >= 11 is 3.43. The van der Waals surface area contributed by atoms with Crippen molar-refractivity contribution in [2.24, 2.45) is 0 Å². The number of hydrogen-bond acceptors (Lipinski definition) is 6. The van der Waals surface area contributed by atoms with E-state index in [1.54, 1.807) is 33.6 Å². The fourth-order valence-electron chi connectivity index (χ4n) is 4.33. The minimum atomic E-state index is 0.0942. The summed E-state index contributed by atoms with van der Waals surface area (Å²) < 4.78 is 8.66. The van der Waals surface area contributed by atoms with Crippen molar-refractivity contribution >= 4 is 43.0 Å². The van der Waals surface area contributed by atoms with Gasteiger partial charge in [-0.05, 0) is 56.2 Å². The SMILES string of the molecule is CC(C)OCCNC1CCc2c(sc3ncn(Cc4cc5ccccc5s4)c(=O)c23)C1. The molecule has 1 aliphatic rings. The largest absolute Gasteiger partial charge is 0.377 e. The lowest BCUT2D eigenvalue weighted by Gasteiger charge is -2.23. The van der Waals surface area contributed by atoms with E-state index in [0.717, 1.165) is 42.6 Å². The van der Waals surface area contributed by atoms with Crippen molar-refractivity contribution in [2.75, 3.05) is 13.2 Å². The Labute approximate surface area is 189 Å². The highest BCUT2D eigenvalue weighted by molar-refractivity contribution is 7.19. The maximum Gasteiger partial charge on any atom is 0.262 e. The second-order valence-electron chi connectivity index (χ2n) is 8.43. The van der Waals surface area contributed by atoms with Gasteiger partial charge in [-0.2, -0.15) is 0 Å². The fraction of sp³-hybridized carbons (Fsp3) is 0.417. The summed E-state index contributed by atoms with van der Waals surface area (Å²) in [6.07, 6.45) is 4.93. The van der Waals surface area contributed by atoms with Crippen LogP contribution in [0.3, 0.4) is 0 Å². The highest BCUT2D eigenvalue weighted by Crippen LogP contribution is 2.34. The number of fused-ring (bicyclic) bond motifs is 4. The van der Waals surface area contributed by atoms with Crippen LogP contribution in [0, 0.1) is 0 Å². The van der Waals surface area contributed by atoms with Crippen LogP contribution in [-0.2, 0) is 24.1 Å². The number of nitrogens with zero attached hydrogens (tertiary/aromatic N) is 2. The van der Waals surface area contributed by atoms with Crippen LogP contribution >= 0.6 is 22.7 Å². The Kier molecular flexibility index (Phi) is 5.93. The third-order valence-electron chi connectivity index (χ3n) is 5.82. The molecular formula is C24H27N3O2S2. The second kappa shape index (κ2) is 8.82. The van der Waals surface area contributed by atoms with E-state index in [1.807, 2.05) is 0 Å². The van der Waals surface area contributed by atoms with E-state index in [0.29, 0.717) is 12.6 Å². The normalized spacial score (nSPS) is 16.4. The van der Waals surface area contributed by atoms with E-state index in [-0.39, 0.29) is 11.7 Å². The molecule has 0 fully saturated rings. The molecule has 1 atom stereocenters. The molecule has 0 saturated heterocycles. The zero-order valence-corrected chi connectivity index (χ0v) is 19.5. The Morgan fingerprint density at radius 3 is 3.00 bits per heavy atom. The summed E-state index contributed by atoms with van der Waals surface area (Å²) in [4.78, 5) is 21.4. The van der Waals surface area contributed by atoms with Gasteiger partial charge in [-0.3, -0.25) is 9.36 Å². The van der Waals surface area contributed by atoms with Gasteiger partial charge < -0.3 is 10.1 Å². The van der Waals surface area contributed by atoms with Crippen LogP contribution in [0.5, 0.6) is 0 Å². The van der Waals surface area contributed by atoms with Crippen molar-refractivity contribution in [1.82, 2.24) is 14.9 Å². The van der Waals surface area contributed by atoms with E-state index in [2.05, 4.69) is 54.5 Å². The minimum Gasteiger partial charge on any atom is -0.377 e. The highest BCUT2D eigenvalue weighted by Gasteiger charge is 2.25. The summed E-state index contributed by atoms with van der Waals surface area (Å²) in [5.41, 5.74) is 1.32. The first-order valence-electron chi connectivity index (χ1n) is 10.9. The maximum absolute atomic E-state index is 13.3. The number of nitrogens with one attached hydrogen (secondary N) is 1. The van der Waals surface area contributed by atoms with Crippen molar-refractivity contribution in [3.8, 4) is 0 Å². The van der Waals surface area contributed by atoms with Gasteiger partial charge in [0, 0.05) is 27.0 Å². The van der Waals surface area contributed by atoms with E-state index in [9.17, 15) is 4.79 Å². The van der Waals surface area contributed by atoms with E-state index >= 15 is 0 Å². The number of rotatable bonds is 7. The smallest absolute Gasteiger partial charge is 0.262 e. The molecule has 0 radical (unpaired) electrons. The molecule has 3 aromatic heterocycles. The Morgan fingerprint density at radius 1 is 1.29 bits per heavy atom. The van der Waals surface area contributed by atoms with Gasteiger partial charge in [0.1, 0.15) is 4.83 Å². The summed E-state index contributed by atoms with van der Waals surface area (Å²) in [5.74, 6) is 0. The Balaban J connectivity index is 1.36. The molecule has 3 heterocycles. The molecule has 1 aliphatic carbocycles. The molecule has 1 aromatic carbocycles. The molecule has 162 valence electrons. The fourth-order valence-corrected chi connectivity index (χ4v) is 6.65. The Bertz CT molecular complexity index is 1240. The molecule has 0 saturated carbocycles. The van der Waals surface area contributed by atoms with Gasteiger partial charge in [0.05, 0.1) is 31.0 Å². The lowest BCUT2D eigenvalue weighted by atomic mass is 9.93. The number of benzene rings is 1. The zero-order valence-electron chi connectivity index (χ0n) is 17.9. The predicted octanol–water partition coefficient (Wildman–Crippen LogP) is 4.59. The maximum atomic E-state index is 13.3. The first-order chi connectivity index (χ1) is 15.1. The lowest BCUT2D eigenvalue weighted by molar-refractivity contribution is 0.0791. The zero-order chi connectivity index (χ0) is 21.4. The van der Waals surface area contributed by atoms with Crippen LogP contribution in [0.25, 0.3) is 20.3 Å². The number of hydrogen-bond donors (Lipinski definition) is 1. The van der Waals surface area contributed by atoms with Gasteiger partial charge in [0.2, 0.25) is 0 Å². The highest BCUT2D eigenvalue weighted by atomic mass is 32.1. The molecule has 0 spiro atoms. The van der Waals surface area contributed by atoms with Crippen molar-refractivity contribution in [2.45, 2.75) is 51.8 Å². The number of aromatic nitrogens is 2. The molecule has 0 amide bonds. The Hall–Kier alpha value is -2.06. The molecule has 5 rings (SSSR count). The first-order valence-corrected chi connectivity index (χ1v) is 12.5. The minimum absolute atomic E-state index is 0.0942. The average Bonchev–Trinajstić information content (AvgIpc) is 3.33. The standard InChI is InChI=1S/C24H27N3O2S2/c1-15(2)29-10-9-25-17-7-8-19-21(12-17)31-23-22(19)24(28)27(14-26-23)13-18-11-16-5-3-4-6-20(16)30-18/h3-6,11,14-15,17,25H,7-10,12-13H2,1-2H3. The average molecular weight is 454 g/mol. The molecule has 1 N–H and O–H groups in total. The van der Waals surface area contributed by atoms with Crippen LogP contribution in [0.2, 0.25) is 0 Å². The number of thiophene rings is 2. The summed E-state index contributed by atoms with van der Waals surface area (Å²) in [5, 5.41) is 5.68. The summed E-state index contributed by atoms with van der Waals surface area (Å²) in [7, 11) is 0. The molecule has 5 nitrogen and oxygen atoms in total. The van der Waals surface area contributed by atoms with Gasteiger partial charge in [-0.25, -0.2) is 4.98 Å². The lowest BCUT2D eigenvalue weighted by Crippen LogP contribution is -2.36. The topological polar surface area (TPSA) is 56.1 Å². The molecule has 4 aromatic rings. The van der Waals surface area contributed by atoms with Gasteiger partial charge in [-0.15, -0.1) is 22.7 Å². The van der Waals surface area contributed by atoms with Crippen molar-refractivity contribution in [3.63, 3.8) is 0 Å². The van der Waals surface area contributed by atoms with E-state index in [4.69, 9.17) is 4.74 Å². The first kappa shape index (κ1) is 20.8. The number of ether oxygens (including phenoxy) is 1. The van der Waals surface area contributed by atoms with Crippen molar-refractivity contribution < 1.29 is 4.74 Å². The molecule has 7 heteroatoms. The third kappa shape index (κ3) is 4.32. The van der Waals surface area contributed by atoms with E-state index < -0.39 is 0 Å². The second-order valence-corrected chi connectivity index (χ2v) is 10.7. The quantitative estimate of drug-likeness (QED) is 0.416. The molecule has 31 heavy (non-hydrogen) atoms. The predicted molar refractivity (Wildman–Crippen MR) is 130 cm³/mol. The van der Waals surface area contributed by atoms with Crippen LogP contribution < -0.4 is 10.9 Å². The van der Waals surface area contributed by atoms with Crippen LogP contribution in [0.4, 0.5) is 0 Å². The van der Waals surface area contributed by atoms with Crippen molar-refractivity contribution in [1.29, 1.82) is 0 Å². The molecule has 0 bridgehead atoms.